The lowest BCUT2D eigenvalue weighted by Crippen LogP contribution is -2.49. The number of benzene rings is 3. The van der Waals surface area contributed by atoms with Crippen molar-refractivity contribution in [2.24, 2.45) is 22.2 Å². The van der Waals surface area contributed by atoms with Crippen LogP contribution in [-0.4, -0.2) is 40.4 Å². The summed E-state index contributed by atoms with van der Waals surface area (Å²) in [6, 6.07) is 25.4. The zero-order chi connectivity index (χ0) is 25.9. The molecule has 0 spiro atoms. The summed E-state index contributed by atoms with van der Waals surface area (Å²) < 4.78 is 0. The average Bonchev–Trinajstić information content (AvgIpc) is 2.89. The number of hydrogen-bond acceptors (Lipinski definition) is 4. The Bertz CT molecular complexity index is 1110. The van der Waals surface area contributed by atoms with Crippen LogP contribution in [0.15, 0.2) is 89.9 Å². The van der Waals surface area contributed by atoms with Crippen LogP contribution >= 0.6 is 0 Å². The molecule has 0 aliphatic carbocycles. The van der Waals surface area contributed by atoms with Crippen molar-refractivity contribution in [2.45, 2.75) is 38.0 Å². The molecule has 0 saturated heterocycles. The quantitative estimate of drug-likeness (QED) is 0.176. The zero-order valence-electron chi connectivity index (χ0n) is 20.2. The minimum atomic E-state index is -0.862. The Hall–Kier alpha value is -4.17. The second-order valence-electron chi connectivity index (χ2n) is 8.56. The van der Waals surface area contributed by atoms with Gasteiger partial charge in [0.05, 0.1) is 12.5 Å². The minimum Gasteiger partial charge on any atom is -0.392 e. The molecule has 7 N–H and O–H groups in total. The van der Waals surface area contributed by atoms with E-state index in [1.807, 2.05) is 72.8 Å². The number of hydrogen-bond donors (Lipinski definition) is 4. The summed E-state index contributed by atoms with van der Waals surface area (Å²) >= 11 is 0. The van der Waals surface area contributed by atoms with E-state index in [1.165, 1.54) is 0 Å². The molecule has 2 amide bonds. The first-order chi connectivity index (χ1) is 17.4. The number of nitrogens with zero attached hydrogens (tertiary/aromatic N) is 2. The van der Waals surface area contributed by atoms with Crippen LogP contribution in [0.5, 0.6) is 0 Å². The van der Waals surface area contributed by atoms with E-state index in [-0.39, 0.29) is 25.0 Å². The topological polar surface area (TPSA) is 148 Å². The molecule has 0 radical (unpaired) electrons. The number of aliphatic hydroxyl groups excluding tert-OH is 1. The molecule has 36 heavy (non-hydrogen) atoms. The Labute approximate surface area is 211 Å². The van der Waals surface area contributed by atoms with E-state index < -0.39 is 17.9 Å². The standard InChI is InChI=1S/C28H33N5O3/c29-26(35)24(12-7-17-32-28(30)31)33(18-20-13-15-21(19-34)16-14-20)27(36)25(22-8-3-1-4-9-22)23-10-5-2-6-11-23/h1-6,8-11,13-16,24-25,34H,7,12,17-19H2,(H2,29,35)(H4,30,31,32)/t24-/m1/s1. The molecular weight excluding hydrogens is 454 g/mol. The summed E-state index contributed by atoms with van der Waals surface area (Å²) in [7, 11) is 0. The van der Waals surface area contributed by atoms with E-state index in [0.717, 1.165) is 22.3 Å². The fraction of sp³-hybridized carbons (Fsp3) is 0.250. The van der Waals surface area contributed by atoms with Gasteiger partial charge in [0.25, 0.3) is 0 Å². The van der Waals surface area contributed by atoms with Gasteiger partial charge in [0.15, 0.2) is 5.96 Å². The number of nitrogens with two attached hydrogens (primary N) is 3. The molecule has 0 fully saturated rings. The first-order valence-electron chi connectivity index (χ1n) is 11.8. The van der Waals surface area contributed by atoms with E-state index in [0.29, 0.717) is 19.4 Å². The number of aliphatic hydroxyl groups is 1. The summed E-state index contributed by atoms with van der Waals surface area (Å²) in [6.45, 7) is 0.415. The third kappa shape index (κ3) is 7.16. The van der Waals surface area contributed by atoms with Crippen LogP contribution in [0.3, 0.4) is 0 Å². The van der Waals surface area contributed by atoms with Gasteiger partial charge in [-0.1, -0.05) is 84.9 Å². The van der Waals surface area contributed by atoms with Gasteiger partial charge in [0, 0.05) is 13.1 Å². The Kier molecular flexibility index (Phi) is 9.59. The Morgan fingerprint density at radius 1 is 0.806 bits per heavy atom. The second kappa shape index (κ2) is 13.1. The molecule has 1 atom stereocenters. The van der Waals surface area contributed by atoms with Gasteiger partial charge in [-0.05, 0) is 35.1 Å². The van der Waals surface area contributed by atoms with Gasteiger partial charge in [0.1, 0.15) is 6.04 Å². The van der Waals surface area contributed by atoms with Crippen LogP contribution in [0.4, 0.5) is 0 Å². The first-order valence-corrected chi connectivity index (χ1v) is 11.8. The van der Waals surface area contributed by atoms with E-state index in [4.69, 9.17) is 17.2 Å². The normalized spacial score (nSPS) is 11.6. The lowest BCUT2D eigenvalue weighted by molar-refractivity contribution is -0.141. The highest BCUT2D eigenvalue weighted by molar-refractivity contribution is 5.92. The van der Waals surface area contributed by atoms with E-state index in [2.05, 4.69) is 4.99 Å². The maximum atomic E-state index is 14.3. The van der Waals surface area contributed by atoms with E-state index in [9.17, 15) is 14.7 Å². The molecule has 8 nitrogen and oxygen atoms in total. The largest absolute Gasteiger partial charge is 0.392 e. The van der Waals surface area contributed by atoms with Crippen LogP contribution < -0.4 is 17.2 Å². The predicted octanol–water partition coefficient (Wildman–Crippen LogP) is 2.25. The van der Waals surface area contributed by atoms with Gasteiger partial charge >= 0.3 is 0 Å². The fourth-order valence-corrected chi connectivity index (χ4v) is 4.17. The molecular formula is C28H33N5O3. The maximum absolute atomic E-state index is 14.3. The lowest BCUT2D eigenvalue weighted by Gasteiger charge is -2.33. The van der Waals surface area contributed by atoms with Crippen LogP contribution in [0.25, 0.3) is 0 Å². The molecule has 3 aromatic rings. The molecule has 8 heteroatoms. The molecule has 3 rings (SSSR count). The molecule has 0 heterocycles. The van der Waals surface area contributed by atoms with Crippen molar-refractivity contribution in [3.63, 3.8) is 0 Å². The van der Waals surface area contributed by atoms with Crippen molar-refractivity contribution < 1.29 is 14.7 Å². The van der Waals surface area contributed by atoms with Crippen LogP contribution in [0, 0.1) is 0 Å². The lowest BCUT2D eigenvalue weighted by atomic mass is 9.89. The number of rotatable bonds is 12. The second-order valence-corrected chi connectivity index (χ2v) is 8.56. The zero-order valence-corrected chi connectivity index (χ0v) is 20.2. The molecule has 0 aliphatic heterocycles. The third-order valence-electron chi connectivity index (χ3n) is 5.99. The van der Waals surface area contributed by atoms with Crippen molar-refractivity contribution in [3.8, 4) is 0 Å². The van der Waals surface area contributed by atoms with E-state index >= 15 is 0 Å². The number of primary amides is 1. The highest BCUT2D eigenvalue weighted by Crippen LogP contribution is 2.29. The number of carbonyl (C=O) groups is 2. The van der Waals surface area contributed by atoms with Crippen LogP contribution in [0.2, 0.25) is 0 Å². The summed E-state index contributed by atoms with van der Waals surface area (Å²) in [4.78, 5) is 32.5. The van der Waals surface area contributed by atoms with Crippen molar-refractivity contribution in [3.05, 3.63) is 107 Å². The van der Waals surface area contributed by atoms with Crippen molar-refractivity contribution in [1.29, 1.82) is 0 Å². The maximum Gasteiger partial charge on any atom is 0.240 e. The molecule has 0 aliphatic rings. The molecule has 0 saturated carbocycles. The SMILES string of the molecule is NC(=O)[C@@H](CCCN=C(N)N)N(Cc1ccc(CO)cc1)C(=O)C(c1ccccc1)c1ccccc1. The highest BCUT2D eigenvalue weighted by Gasteiger charge is 2.34. The summed E-state index contributed by atoms with van der Waals surface area (Å²) in [5, 5.41) is 9.39. The molecule has 0 aromatic heterocycles. The van der Waals surface area contributed by atoms with Gasteiger partial charge in [0.2, 0.25) is 11.8 Å². The van der Waals surface area contributed by atoms with Gasteiger partial charge < -0.3 is 27.2 Å². The first kappa shape index (κ1) is 26.4. The van der Waals surface area contributed by atoms with Gasteiger partial charge in [-0.25, -0.2) is 0 Å². The van der Waals surface area contributed by atoms with Gasteiger partial charge in [-0.2, -0.15) is 0 Å². The minimum absolute atomic E-state index is 0.0317. The van der Waals surface area contributed by atoms with Crippen molar-refractivity contribution >= 4 is 17.8 Å². The van der Waals surface area contributed by atoms with Gasteiger partial charge in [-0.3, -0.25) is 14.6 Å². The predicted molar refractivity (Wildman–Crippen MR) is 141 cm³/mol. The van der Waals surface area contributed by atoms with Crippen molar-refractivity contribution in [2.75, 3.05) is 6.54 Å². The molecule has 3 aromatic carbocycles. The summed E-state index contributed by atoms with van der Waals surface area (Å²) in [5.41, 5.74) is 19.9. The number of aliphatic imine (C=N–C) groups is 1. The molecule has 0 unspecified atom stereocenters. The Morgan fingerprint density at radius 3 is 1.81 bits per heavy atom. The summed E-state index contributed by atoms with van der Waals surface area (Å²) in [5.74, 6) is -1.48. The average molecular weight is 488 g/mol. The van der Waals surface area contributed by atoms with Gasteiger partial charge in [-0.15, -0.1) is 0 Å². The smallest absolute Gasteiger partial charge is 0.240 e. The highest BCUT2D eigenvalue weighted by atomic mass is 16.3. The van der Waals surface area contributed by atoms with Crippen LogP contribution in [0.1, 0.15) is 41.0 Å². The van der Waals surface area contributed by atoms with E-state index in [1.54, 1.807) is 17.0 Å². The van der Waals surface area contributed by atoms with Crippen molar-refractivity contribution in [1.82, 2.24) is 4.90 Å². The van der Waals surface area contributed by atoms with Crippen LogP contribution in [-0.2, 0) is 22.7 Å². The third-order valence-corrected chi connectivity index (χ3v) is 5.99. The fourth-order valence-electron chi connectivity index (χ4n) is 4.17. The molecule has 188 valence electrons. The number of amides is 2. The number of guanidine groups is 1. The monoisotopic (exact) mass is 487 g/mol. The summed E-state index contributed by atoms with van der Waals surface area (Å²) in [6.07, 6.45) is 0.781. The Balaban J connectivity index is 2.01. The number of carbonyl (C=O) groups excluding carboxylic acids is 2. The molecule has 0 bridgehead atoms. The Morgan fingerprint density at radius 2 is 1.33 bits per heavy atom.